The van der Waals surface area contributed by atoms with Gasteiger partial charge >= 0.3 is 0 Å². The molecule has 2 rings (SSSR count). The number of ether oxygens (including phenoxy) is 1. The lowest BCUT2D eigenvalue weighted by Crippen LogP contribution is -2.53. The molecule has 1 heterocycles. The predicted octanol–water partition coefficient (Wildman–Crippen LogP) is 2.61. The molecule has 0 bridgehead atoms. The highest BCUT2D eigenvalue weighted by molar-refractivity contribution is 5.28. The lowest BCUT2D eigenvalue weighted by molar-refractivity contribution is 0.0476. The van der Waals surface area contributed by atoms with Crippen molar-refractivity contribution in [3.63, 3.8) is 0 Å². The van der Waals surface area contributed by atoms with E-state index in [-0.39, 0.29) is 6.61 Å². The second-order valence-corrected chi connectivity index (χ2v) is 6.87. The Morgan fingerprint density at radius 2 is 2.13 bits per heavy atom. The maximum absolute atomic E-state index is 9.38. The highest BCUT2D eigenvalue weighted by Crippen LogP contribution is 2.19. The molecule has 1 aliphatic heterocycles. The average molecular weight is 320 g/mol. The van der Waals surface area contributed by atoms with Crippen LogP contribution in [0.4, 0.5) is 0 Å². The largest absolute Gasteiger partial charge is 0.494 e. The van der Waals surface area contributed by atoms with Crippen molar-refractivity contribution >= 4 is 0 Å². The van der Waals surface area contributed by atoms with Crippen LogP contribution >= 0.6 is 0 Å². The van der Waals surface area contributed by atoms with Gasteiger partial charge in [-0.2, -0.15) is 0 Å². The van der Waals surface area contributed by atoms with Crippen LogP contribution in [-0.4, -0.2) is 60.3 Å². The molecule has 4 nitrogen and oxygen atoms in total. The van der Waals surface area contributed by atoms with E-state index in [1.807, 2.05) is 13.0 Å². The molecule has 0 amide bonds. The van der Waals surface area contributed by atoms with E-state index >= 15 is 0 Å². The number of aliphatic hydroxyl groups excluding tert-OH is 1. The third-order valence-corrected chi connectivity index (χ3v) is 4.37. The molecule has 1 unspecified atom stereocenters. The van der Waals surface area contributed by atoms with E-state index < -0.39 is 0 Å². The molecule has 1 aliphatic rings. The van der Waals surface area contributed by atoms with Gasteiger partial charge in [-0.3, -0.25) is 9.80 Å². The fourth-order valence-corrected chi connectivity index (χ4v) is 3.39. The van der Waals surface area contributed by atoms with Crippen molar-refractivity contribution in [3.05, 3.63) is 29.8 Å². The highest BCUT2D eigenvalue weighted by Gasteiger charge is 2.26. The molecule has 0 radical (unpaired) electrons. The number of hydrogen-bond donors (Lipinski definition) is 1. The average Bonchev–Trinajstić information content (AvgIpc) is 2.50. The summed E-state index contributed by atoms with van der Waals surface area (Å²) in [7, 11) is 0. The molecule has 1 N–H and O–H groups in total. The van der Waals surface area contributed by atoms with Crippen LogP contribution in [0, 0.1) is 5.92 Å². The molecule has 0 aromatic heterocycles. The molecule has 1 saturated heterocycles. The Morgan fingerprint density at radius 1 is 1.30 bits per heavy atom. The number of benzene rings is 1. The van der Waals surface area contributed by atoms with Crippen LogP contribution in [-0.2, 0) is 6.54 Å². The lowest BCUT2D eigenvalue weighted by atomic mass is 10.1. The normalized spacial score (nSPS) is 20.1. The zero-order chi connectivity index (χ0) is 16.7. The summed E-state index contributed by atoms with van der Waals surface area (Å²) in [4.78, 5) is 5.05. The number of hydrogen-bond acceptors (Lipinski definition) is 4. The van der Waals surface area contributed by atoms with Crippen LogP contribution in [0.3, 0.4) is 0 Å². The number of rotatable bonds is 8. The Hall–Kier alpha value is -1.10. The van der Waals surface area contributed by atoms with Gasteiger partial charge in [-0.05, 0) is 37.0 Å². The summed E-state index contributed by atoms with van der Waals surface area (Å²) in [5.41, 5.74) is 1.30. The van der Waals surface area contributed by atoms with E-state index in [0.29, 0.717) is 18.6 Å². The van der Waals surface area contributed by atoms with Crippen molar-refractivity contribution in [1.29, 1.82) is 0 Å². The number of piperazine rings is 1. The van der Waals surface area contributed by atoms with Gasteiger partial charge in [-0.15, -0.1) is 0 Å². The van der Waals surface area contributed by atoms with Gasteiger partial charge < -0.3 is 9.84 Å². The van der Waals surface area contributed by atoms with Crippen molar-refractivity contribution in [2.24, 2.45) is 5.92 Å². The summed E-state index contributed by atoms with van der Waals surface area (Å²) in [6.45, 7) is 12.8. The first-order valence-corrected chi connectivity index (χ1v) is 8.91. The monoisotopic (exact) mass is 320 g/mol. The van der Waals surface area contributed by atoms with Crippen LogP contribution in [0.2, 0.25) is 0 Å². The second kappa shape index (κ2) is 9.26. The van der Waals surface area contributed by atoms with Crippen molar-refractivity contribution in [3.8, 4) is 5.75 Å². The van der Waals surface area contributed by atoms with E-state index in [1.165, 1.54) is 5.56 Å². The Balaban J connectivity index is 1.95. The van der Waals surface area contributed by atoms with Gasteiger partial charge in [0.1, 0.15) is 5.75 Å². The molecular weight excluding hydrogens is 288 g/mol. The third kappa shape index (κ3) is 5.79. The summed E-state index contributed by atoms with van der Waals surface area (Å²) in [5, 5.41) is 9.38. The summed E-state index contributed by atoms with van der Waals surface area (Å²) in [5.74, 6) is 1.63. The van der Waals surface area contributed by atoms with E-state index in [0.717, 1.165) is 44.9 Å². The van der Waals surface area contributed by atoms with Crippen LogP contribution in [0.1, 0.15) is 32.8 Å². The summed E-state index contributed by atoms with van der Waals surface area (Å²) >= 11 is 0. The van der Waals surface area contributed by atoms with Gasteiger partial charge in [0.25, 0.3) is 0 Å². The number of aliphatic hydroxyl groups is 1. The fraction of sp³-hybridized carbons (Fsp3) is 0.684. The quantitative estimate of drug-likeness (QED) is 0.799. The first kappa shape index (κ1) is 18.2. The molecule has 0 spiro atoms. The van der Waals surface area contributed by atoms with Gasteiger partial charge in [0.05, 0.1) is 6.61 Å². The van der Waals surface area contributed by atoms with Crippen molar-refractivity contribution in [2.45, 2.75) is 39.8 Å². The first-order valence-electron chi connectivity index (χ1n) is 8.91. The molecule has 0 aliphatic carbocycles. The SMILES string of the molecule is CCOc1cccc(CN2CCN(CC(C)C)C(CCO)C2)c1. The molecule has 130 valence electrons. The summed E-state index contributed by atoms with van der Waals surface area (Å²) in [6.07, 6.45) is 0.863. The van der Waals surface area contributed by atoms with E-state index in [4.69, 9.17) is 4.74 Å². The van der Waals surface area contributed by atoms with Crippen LogP contribution in [0.15, 0.2) is 24.3 Å². The molecule has 0 saturated carbocycles. The van der Waals surface area contributed by atoms with Crippen LogP contribution in [0.5, 0.6) is 5.75 Å². The summed E-state index contributed by atoms with van der Waals surface area (Å²) < 4.78 is 5.60. The molecule has 1 aromatic rings. The minimum atomic E-state index is 0.271. The first-order chi connectivity index (χ1) is 11.1. The van der Waals surface area contributed by atoms with Crippen LogP contribution < -0.4 is 4.74 Å². The van der Waals surface area contributed by atoms with Gasteiger partial charge in [0.15, 0.2) is 0 Å². The lowest BCUT2D eigenvalue weighted by Gasteiger charge is -2.42. The molecule has 4 heteroatoms. The Labute approximate surface area is 141 Å². The van der Waals surface area contributed by atoms with E-state index in [9.17, 15) is 5.11 Å². The second-order valence-electron chi connectivity index (χ2n) is 6.87. The van der Waals surface area contributed by atoms with Crippen LogP contribution in [0.25, 0.3) is 0 Å². The minimum Gasteiger partial charge on any atom is -0.494 e. The smallest absolute Gasteiger partial charge is 0.119 e. The Morgan fingerprint density at radius 3 is 2.83 bits per heavy atom. The van der Waals surface area contributed by atoms with Gasteiger partial charge in [-0.1, -0.05) is 26.0 Å². The van der Waals surface area contributed by atoms with E-state index in [2.05, 4.69) is 41.8 Å². The predicted molar refractivity (Wildman–Crippen MR) is 94.8 cm³/mol. The number of nitrogens with zero attached hydrogens (tertiary/aromatic N) is 2. The van der Waals surface area contributed by atoms with Gasteiger partial charge in [0.2, 0.25) is 0 Å². The molecule has 23 heavy (non-hydrogen) atoms. The highest BCUT2D eigenvalue weighted by atomic mass is 16.5. The standard InChI is InChI=1S/C19H32N2O2/c1-4-23-19-7-5-6-17(12-19)14-20-9-10-21(13-16(2)3)18(15-20)8-11-22/h5-7,12,16,18,22H,4,8-11,13-15H2,1-3H3. The molecule has 1 fully saturated rings. The van der Waals surface area contributed by atoms with Gasteiger partial charge in [-0.25, -0.2) is 0 Å². The third-order valence-electron chi connectivity index (χ3n) is 4.37. The Bertz CT molecular complexity index is 464. The topological polar surface area (TPSA) is 35.9 Å². The molecular formula is C19H32N2O2. The zero-order valence-corrected chi connectivity index (χ0v) is 14.9. The maximum Gasteiger partial charge on any atom is 0.119 e. The molecule has 1 atom stereocenters. The van der Waals surface area contributed by atoms with E-state index in [1.54, 1.807) is 0 Å². The summed E-state index contributed by atoms with van der Waals surface area (Å²) in [6, 6.07) is 8.86. The van der Waals surface area contributed by atoms with Crippen molar-refractivity contribution in [2.75, 3.05) is 39.4 Å². The fourth-order valence-electron chi connectivity index (χ4n) is 3.39. The Kier molecular flexibility index (Phi) is 7.34. The maximum atomic E-state index is 9.38. The van der Waals surface area contributed by atoms with Crippen molar-refractivity contribution < 1.29 is 9.84 Å². The van der Waals surface area contributed by atoms with Gasteiger partial charge in [0, 0.05) is 45.4 Å². The zero-order valence-electron chi connectivity index (χ0n) is 14.9. The minimum absolute atomic E-state index is 0.271. The van der Waals surface area contributed by atoms with Crippen molar-refractivity contribution in [1.82, 2.24) is 9.80 Å². The molecule has 1 aromatic carbocycles.